The van der Waals surface area contributed by atoms with Crippen molar-refractivity contribution in [2.24, 2.45) is 5.92 Å². The minimum absolute atomic E-state index is 0.0498. The van der Waals surface area contributed by atoms with Crippen molar-refractivity contribution >= 4 is 10.0 Å². The number of nitriles is 1. The van der Waals surface area contributed by atoms with Gasteiger partial charge in [-0.3, -0.25) is 0 Å². The standard InChI is InChI=1S/C16H22N2O2S/c1-12-10-16(9-8-15(12)11-17)21(19,20)18-13(2)14-6-4-3-5-7-14/h8-10,13-14,18H,3-7H2,1-2H3. The van der Waals surface area contributed by atoms with E-state index in [2.05, 4.69) is 10.8 Å². The summed E-state index contributed by atoms with van der Waals surface area (Å²) in [6.07, 6.45) is 5.82. The van der Waals surface area contributed by atoms with Crippen molar-refractivity contribution in [3.63, 3.8) is 0 Å². The molecule has 1 aromatic rings. The topological polar surface area (TPSA) is 70.0 Å². The number of rotatable bonds is 4. The monoisotopic (exact) mass is 306 g/mol. The van der Waals surface area contributed by atoms with E-state index in [1.165, 1.54) is 25.3 Å². The summed E-state index contributed by atoms with van der Waals surface area (Å²) < 4.78 is 27.7. The van der Waals surface area contributed by atoms with Crippen LogP contribution in [-0.4, -0.2) is 14.5 Å². The molecular weight excluding hydrogens is 284 g/mol. The summed E-state index contributed by atoms with van der Waals surface area (Å²) in [5, 5.41) is 8.91. The van der Waals surface area contributed by atoms with Crippen LogP contribution in [0, 0.1) is 24.2 Å². The lowest BCUT2D eigenvalue weighted by Crippen LogP contribution is -2.38. The van der Waals surface area contributed by atoms with Gasteiger partial charge in [-0.05, 0) is 56.4 Å². The molecule has 0 spiro atoms. The number of aryl methyl sites for hydroxylation is 1. The fourth-order valence-corrected chi connectivity index (χ4v) is 4.37. The molecule has 21 heavy (non-hydrogen) atoms. The van der Waals surface area contributed by atoms with Crippen LogP contribution in [0.3, 0.4) is 0 Å². The van der Waals surface area contributed by atoms with Crippen LogP contribution in [0.1, 0.15) is 50.2 Å². The van der Waals surface area contributed by atoms with Crippen LogP contribution in [0.15, 0.2) is 23.1 Å². The first-order valence-electron chi connectivity index (χ1n) is 7.47. The highest BCUT2D eigenvalue weighted by atomic mass is 32.2. The molecule has 1 aromatic carbocycles. The number of hydrogen-bond donors (Lipinski definition) is 1. The van der Waals surface area contributed by atoms with E-state index in [4.69, 9.17) is 5.26 Å². The smallest absolute Gasteiger partial charge is 0.208 e. The van der Waals surface area contributed by atoms with Crippen molar-refractivity contribution in [3.8, 4) is 6.07 Å². The van der Waals surface area contributed by atoms with Gasteiger partial charge >= 0.3 is 0 Å². The Bertz CT molecular complexity index is 641. The molecule has 1 N–H and O–H groups in total. The quantitative estimate of drug-likeness (QED) is 0.929. The SMILES string of the molecule is Cc1cc(S(=O)(=O)NC(C)C2CCCCC2)ccc1C#N. The zero-order valence-electron chi connectivity index (χ0n) is 12.6. The first kappa shape index (κ1) is 16.0. The van der Waals surface area contributed by atoms with Gasteiger partial charge in [-0.25, -0.2) is 13.1 Å². The molecule has 2 rings (SSSR count). The van der Waals surface area contributed by atoms with Crippen molar-refractivity contribution in [1.82, 2.24) is 4.72 Å². The average molecular weight is 306 g/mol. The van der Waals surface area contributed by atoms with Crippen LogP contribution < -0.4 is 4.72 Å². The molecular formula is C16H22N2O2S. The van der Waals surface area contributed by atoms with Gasteiger partial charge < -0.3 is 0 Å². The average Bonchev–Trinajstić information content (AvgIpc) is 2.47. The molecule has 1 aliphatic carbocycles. The van der Waals surface area contributed by atoms with E-state index in [1.807, 2.05) is 6.92 Å². The molecule has 0 aromatic heterocycles. The molecule has 0 aliphatic heterocycles. The van der Waals surface area contributed by atoms with Crippen LogP contribution >= 0.6 is 0 Å². The van der Waals surface area contributed by atoms with Crippen molar-refractivity contribution in [2.45, 2.75) is 56.9 Å². The maximum atomic E-state index is 12.4. The number of benzene rings is 1. The Morgan fingerprint density at radius 1 is 1.29 bits per heavy atom. The van der Waals surface area contributed by atoms with Crippen LogP contribution in [0.5, 0.6) is 0 Å². The van der Waals surface area contributed by atoms with Gasteiger partial charge in [0.05, 0.1) is 16.5 Å². The number of sulfonamides is 1. The van der Waals surface area contributed by atoms with E-state index in [0.29, 0.717) is 17.0 Å². The summed E-state index contributed by atoms with van der Waals surface area (Å²) in [4.78, 5) is 0.238. The van der Waals surface area contributed by atoms with Crippen LogP contribution in [0.4, 0.5) is 0 Å². The molecule has 1 atom stereocenters. The third-order valence-electron chi connectivity index (χ3n) is 4.33. The van der Waals surface area contributed by atoms with Crippen LogP contribution in [0.2, 0.25) is 0 Å². The van der Waals surface area contributed by atoms with E-state index in [0.717, 1.165) is 12.8 Å². The maximum Gasteiger partial charge on any atom is 0.240 e. The van der Waals surface area contributed by atoms with Gasteiger partial charge in [-0.15, -0.1) is 0 Å². The first-order valence-corrected chi connectivity index (χ1v) is 8.95. The zero-order valence-corrected chi connectivity index (χ0v) is 13.4. The van der Waals surface area contributed by atoms with Gasteiger partial charge in [-0.2, -0.15) is 5.26 Å². The summed E-state index contributed by atoms with van der Waals surface area (Å²) in [6.45, 7) is 3.70. The van der Waals surface area contributed by atoms with Crippen LogP contribution in [-0.2, 0) is 10.0 Å². The minimum atomic E-state index is -3.52. The molecule has 5 heteroatoms. The van der Waals surface area contributed by atoms with Gasteiger partial charge in [0, 0.05) is 6.04 Å². The molecule has 0 radical (unpaired) electrons. The number of hydrogen-bond acceptors (Lipinski definition) is 3. The molecule has 4 nitrogen and oxygen atoms in total. The molecule has 0 heterocycles. The summed E-state index contributed by atoms with van der Waals surface area (Å²) in [6, 6.07) is 6.63. The highest BCUT2D eigenvalue weighted by Gasteiger charge is 2.25. The van der Waals surface area contributed by atoms with Crippen molar-refractivity contribution in [3.05, 3.63) is 29.3 Å². The summed E-state index contributed by atoms with van der Waals surface area (Å²) in [5.74, 6) is 0.424. The second-order valence-corrected chi connectivity index (χ2v) is 7.61. The molecule has 1 aliphatic rings. The summed E-state index contributed by atoms with van der Waals surface area (Å²) >= 11 is 0. The normalized spacial score (nSPS) is 18.1. The second-order valence-electron chi connectivity index (χ2n) is 5.90. The summed E-state index contributed by atoms with van der Waals surface area (Å²) in [5.41, 5.74) is 1.19. The molecule has 0 saturated heterocycles. The minimum Gasteiger partial charge on any atom is -0.208 e. The Kier molecular flexibility index (Phi) is 5.02. The van der Waals surface area contributed by atoms with Crippen LogP contribution in [0.25, 0.3) is 0 Å². The van der Waals surface area contributed by atoms with Crippen molar-refractivity contribution in [2.75, 3.05) is 0 Å². The van der Waals surface area contributed by atoms with E-state index in [1.54, 1.807) is 19.1 Å². The maximum absolute atomic E-state index is 12.4. The molecule has 114 valence electrons. The van der Waals surface area contributed by atoms with Gasteiger partial charge in [0.15, 0.2) is 0 Å². The Labute approximate surface area is 127 Å². The van der Waals surface area contributed by atoms with Gasteiger partial charge in [0.1, 0.15) is 0 Å². The lowest BCUT2D eigenvalue weighted by atomic mass is 9.85. The highest BCUT2D eigenvalue weighted by molar-refractivity contribution is 7.89. The Hall–Kier alpha value is -1.38. The number of nitrogens with one attached hydrogen (secondary N) is 1. The van der Waals surface area contributed by atoms with E-state index < -0.39 is 10.0 Å². The van der Waals surface area contributed by atoms with Crippen molar-refractivity contribution in [1.29, 1.82) is 5.26 Å². The van der Waals surface area contributed by atoms with E-state index in [-0.39, 0.29) is 10.9 Å². The van der Waals surface area contributed by atoms with Gasteiger partial charge in [0.25, 0.3) is 0 Å². The summed E-state index contributed by atoms with van der Waals surface area (Å²) in [7, 11) is -3.52. The largest absolute Gasteiger partial charge is 0.240 e. The lowest BCUT2D eigenvalue weighted by Gasteiger charge is -2.28. The second kappa shape index (κ2) is 6.59. The number of nitrogens with zero attached hydrogens (tertiary/aromatic N) is 1. The molecule has 0 bridgehead atoms. The van der Waals surface area contributed by atoms with Crippen molar-refractivity contribution < 1.29 is 8.42 Å². The van der Waals surface area contributed by atoms with E-state index >= 15 is 0 Å². The Morgan fingerprint density at radius 3 is 2.52 bits per heavy atom. The molecule has 1 fully saturated rings. The fourth-order valence-electron chi connectivity index (χ4n) is 2.97. The predicted octanol–water partition coefficient (Wildman–Crippen LogP) is 3.11. The lowest BCUT2D eigenvalue weighted by molar-refractivity contribution is 0.303. The Balaban J connectivity index is 2.14. The predicted molar refractivity (Wildman–Crippen MR) is 82.3 cm³/mol. The zero-order chi connectivity index (χ0) is 15.5. The van der Waals surface area contributed by atoms with E-state index in [9.17, 15) is 8.42 Å². The Morgan fingerprint density at radius 2 is 1.95 bits per heavy atom. The molecule has 1 saturated carbocycles. The van der Waals surface area contributed by atoms with Gasteiger partial charge in [-0.1, -0.05) is 19.3 Å². The highest BCUT2D eigenvalue weighted by Crippen LogP contribution is 2.27. The third-order valence-corrected chi connectivity index (χ3v) is 5.88. The molecule has 0 amide bonds. The third kappa shape index (κ3) is 3.84. The fraction of sp³-hybridized carbons (Fsp3) is 0.562. The molecule has 1 unspecified atom stereocenters. The van der Waals surface area contributed by atoms with Gasteiger partial charge in [0.2, 0.25) is 10.0 Å². The first-order chi connectivity index (χ1) is 9.94.